The highest BCUT2D eigenvalue weighted by atomic mass is 14.9. The predicted octanol–water partition coefficient (Wildman–Crippen LogP) is 3.80. The van der Waals surface area contributed by atoms with Crippen molar-refractivity contribution in [1.82, 2.24) is 9.97 Å². The first-order chi connectivity index (χ1) is 7.31. The van der Waals surface area contributed by atoms with Crippen molar-refractivity contribution >= 4 is 0 Å². The molecule has 1 fully saturated rings. The van der Waals surface area contributed by atoms with Crippen LogP contribution >= 0.6 is 0 Å². The Balaban J connectivity index is 2.09. The minimum Gasteiger partial charge on any atom is -0.348 e. The normalized spacial score (nSPS) is 22.7. The molecule has 1 aliphatic carbocycles. The van der Waals surface area contributed by atoms with Crippen LogP contribution in [0.4, 0.5) is 0 Å². The number of nitrogens with zero attached hydrogens (tertiary/aromatic N) is 1. The molecule has 0 saturated heterocycles. The van der Waals surface area contributed by atoms with Crippen LogP contribution in [0.15, 0.2) is 12.4 Å². The molecular weight excluding hydrogens is 184 g/mol. The molecule has 1 saturated carbocycles. The summed E-state index contributed by atoms with van der Waals surface area (Å²) < 4.78 is 0. The van der Waals surface area contributed by atoms with Crippen molar-refractivity contribution in [2.75, 3.05) is 0 Å². The molecule has 1 aromatic rings. The summed E-state index contributed by atoms with van der Waals surface area (Å²) in [5, 5.41) is 0. The fourth-order valence-corrected chi connectivity index (χ4v) is 2.69. The molecule has 84 valence electrons. The van der Waals surface area contributed by atoms with E-state index in [1.807, 2.05) is 12.4 Å². The molecule has 2 heteroatoms. The van der Waals surface area contributed by atoms with Crippen LogP contribution in [0.2, 0.25) is 0 Å². The van der Waals surface area contributed by atoms with Gasteiger partial charge in [-0.1, -0.05) is 45.4 Å². The smallest absolute Gasteiger partial charge is 0.111 e. The average molecular weight is 206 g/mol. The number of H-pyrrole nitrogens is 1. The quantitative estimate of drug-likeness (QED) is 0.744. The van der Waals surface area contributed by atoms with Gasteiger partial charge in [0.05, 0.1) is 0 Å². The summed E-state index contributed by atoms with van der Waals surface area (Å²) in [6, 6.07) is 0. The molecule has 1 heterocycles. The maximum absolute atomic E-state index is 4.46. The van der Waals surface area contributed by atoms with Crippen molar-refractivity contribution < 1.29 is 0 Å². The number of aromatic amines is 1. The third kappa shape index (κ3) is 2.61. The first-order valence-corrected chi connectivity index (χ1v) is 6.31. The molecule has 2 nitrogen and oxygen atoms in total. The Morgan fingerprint density at radius 1 is 1.07 bits per heavy atom. The van der Waals surface area contributed by atoms with Gasteiger partial charge in [0.15, 0.2) is 0 Å². The molecule has 1 aliphatic rings. The molecule has 15 heavy (non-hydrogen) atoms. The van der Waals surface area contributed by atoms with Crippen LogP contribution in [0.1, 0.15) is 64.1 Å². The number of hydrogen-bond donors (Lipinski definition) is 1. The molecule has 0 aromatic carbocycles. The summed E-state index contributed by atoms with van der Waals surface area (Å²) in [6.45, 7) is 2.37. The number of nitrogens with one attached hydrogen (secondary N) is 1. The second-order valence-electron chi connectivity index (χ2n) is 5.12. The summed E-state index contributed by atoms with van der Waals surface area (Å²) in [7, 11) is 0. The van der Waals surface area contributed by atoms with Gasteiger partial charge in [0.2, 0.25) is 0 Å². The van der Waals surface area contributed by atoms with E-state index in [4.69, 9.17) is 0 Å². The third-order valence-corrected chi connectivity index (χ3v) is 3.78. The van der Waals surface area contributed by atoms with Crippen LogP contribution < -0.4 is 0 Å². The summed E-state index contributed by atoms with van der Waals surface area (Å²) in [4.78, 5) is 7.76. The van der Waals surface area contributed by atoms with Gasteiger partial charge in [-0.25, -0.2) is 4.98 Å². The Bertz CT molecular complexity index is 267. The highest BCUT2D eigenvalue weighted by molar-refractivity contribution is 5.06. The Morgan fingerprint density at radius 2 is 1.67 bits per heavy atom. The van der Waals surface area contributed by atoms with Crippen molar-refractivity contribution in [3.8, 4) is 0 Å². The predicted molar refractivity (Wildman–Crippen MR) is 62.9 cm³/mol. The van der Waals surface area contributed by atoms with E-state index < -0.39 is 0 Å². The van der Waals surface area contributed by atoms with Gasteiger partial charge in [-0.05, 0) is 12.8 Å². The minimum absolute atomic E-state index is 0.299. The molecule has 0 unspecified atom stereocenters. The van der Waals surface area contributed by atoms with Crippen LogP contribution in [0.25, 0.3) is 0 Å². The first kappa shape index (κ1) is 10.7. The average Bonchev–Trinajstić information content (AvgIpc) is 2.75. The summed E-state index contributed by atoms with van der Waals surface area (Å²) in [5.41, 5.74) is 0.299. The van der Waals surface area contributed by atoms with Gasteiger partial charge in [0, 0.05) is 17.8 Å². The van der Waals surface area contributed by atoms with Crippen molar-refractivity contribution in [3.05, 3.63) is 18.2 Å². The SMILES string of the molecule is CC1(c2ncc[nH]2)CCCCCCCC1. The first-order valence-electron chi connectivity index (χ1n) is 6.31. The van der Waals surface area contributed by atoms with E-state index in [0.717, 1.165) is 0 Å². The van der Waals surface area contributed by atoms with Gasteiger partial charge in [-0.2, -0.15) is 0 Å². The van der Waals surface area contributed by atoms with E-state index in [0.29, 0.717) is 5.41 Å². The Morgan fingerprint density at radius 3 is 2.20 bits per heavy atom. The zero-order valence-electron chi connectivity index (χ0n) is 9.76. The number of aromatic nitrogens is 2. The van der Waals surface area contributed by atoms with Crippen molar-refractivity contribution in [3.63, 3.8) is 0 Å². The largest absolute Gasteiger partial charge is 0.348 e. The molecule has 0 aliphatic heterocycles. The lowest BCUT2D eigenvalue weighted by molar-refractivity contribution is 0.363. The fourth-order valence-electron chi connectivity index (χ4n) is 2.69. The highest BCUT2D eigenvalue weighted by Crippen LogP contribution is 2.34. The number of imidazole rings is 1. The van der Waals surface area contributed by atoms with E-state index in [2.05, 4.69) is 16.9 Å². The van der Waals surface area contributed by atoms with E-state index in [1.165, 1.54) is 57.2 Å². The lowest BCUT2D eigenvalue weighted by Gasteiger charge is -2.27. The second kappa shape index (κ2) is 4.82. The lowest BCUT2D eigenvalue weighted by Crippen LogP contribution is -2.23. The van der Waals surface area contributed by atoms with Gasteiger partial charge >= 0.3 is 0 Å². The zero-order valence-corrected chi connectivity index (χ0v) is 9.76. The van der Waals surface area contributed by atoms with E-state index in [-0.39, 0.29) is 0 Å². The van der Waals surface area contributed by atoms with E-state index in [9.17, 15) is 0 Å². The Labute approximate surface area is 92.5 Å². The van der Waals surface area contributed by atoms with Crippen LogP contribution in [0, 0.1) is 0 Å². The molecule has 0 amide bonds. The van der Waals surface area contributed by atoms with Gasteiger partial charge in [0.1, 0.15) is 5.82 Å². The Kier molecular flexibility index (Phi) is 3.45. The van der Waals surface area contributed by atoms with Gasteiger partial charge in [0.25, 0.3) is 0 Å². The molecule has 1 aromatic heterocycles. The lowest BCUT2D eigenvalue weighted by atomic mass is 9.80. The van der Waals surface area contributed by atoms with Crippen LogP contribution in [0.5, 0.6) is 0 Å². The number of hydrogen-bond acceptors (Lipinski definition) is 1. The fraction of sp³-hybridized carbons (Fsp3) is 0.769. The van der Waals surface area contributed by atoms with Crippen molar-refractivity contribution in [2.45, 2.75) is 63.7 Å². The molecule has 0 spiro atoms. The van der Waals surface area contributed by atoms with Crippen LogP contribution in [-0.4, -0.2) is 9.97 Å². The maximum Gasteiger partial charge on any atom is 0.111 e. The van der Waals surface area contributed by atoms with E-state index in [1.54, 1.807) is 0 Å². The molecule has 0 radical (unpaired) electrons. The molecule has 0 bridgehead atoms. The minimum atomic E-state index is 0.299. The Hall–Kier alpha value is -0.790. The standard InChI is InChI=1S/C13H22N2/c1-13(12-14-10-11-15-12)8-6-4-2-3-5-7-9-13/h10-11H,2-9H2,1H3,(H,14,15). The highest BCUT2D eigenvalue weighted by Gasteiger charge is 2.28. The van der Waals surface area contributed by atoms with Crippen molar-refractivity contribution in [2.24, 2.45) is 0 Å². The topological polar surface area (TPSA) is 28.7 Å². The van der Waals surface area contributed by atoms with Gasteiger partial charge in [-0.15, -0.1) is 0 Å². The summed E-state index contributed by atoms with van der Waals surface area (Å²) in [5.74, 6) is 1.20. The molecule has 2 rings (SSSR count). The van der Waals surface area contributed by atoms with Crippen molar-refractivity contribution in [1.29, 1.82) is 0 Å². The molecular formula is C13H22N2. The number of rotatable bonds is 1. The van der Waals surface area contributed by atoms with Gasteiger partial charge in [-0.3, -0.25) is 0 Å². The summed E-state index contributed by atoms with van der Waals surface area (Å²) >= 11 is 0. The van der Waals surface area contributed by atoms with Crippen LogP contribution in [0.3, 0.4) is 0 Å². The molecule has 1 N–H and O–H groups in total. The van der Waals surface area contributed by atoms with Gasteiger partial charge < -0.3 is 4.98 Å². The monoisotopic (exact) mass is 206 g/mol. The zero-order chi connectivity index (χ0) is 10.6. The third-order valence-electron chi connectivity index (χ3n) is 3.78. The van der Waals surface area contributed by atoms with Crippen LogP contribution in [-0.2, 0) is 5.41 Å². The maximum atomic E-state index is 4.46. The summed E-state index contributed by atoms with van der Waals surface area (Å²) in [6.07, 6.45) is 14.8. The second-order valence-corrected chi connectivity index (χ2v) is 5.12. The van der Waals surface area contributed by atoms with E-state index >= 15 is 0 Å². The molecule has 0 atom stereocenters.